The topological polar surface area (TPSA) is 173 Å². The Morgan fingerprint density at radius 1 is 1.15 bits per heavy atom. The maximum absolute atomic E-state index is 11.8. The van der Waals surface area contributed by atoms with Crippen molar-refractivity contribution in [3.8, 4) is 5.75 Å². The summed E-state index contributed by atoms with van der Waals surface area (Å²) in [5.41, 5.74) is 6.24. The molecule has 0 aromatic heterocycles. The predicted octanol–water partition coefficient (Wildman–Crippen LogP) is -3.43. The van der Waals surface area contributed by atoms with E-state index in [1.165, 1.54) is 0 Å². The average molecular weight is 393 g/mol. The SMILES string of the molecule is Cc1ccccc1OC(=O)CC[C@H](N)C(=O)OC(C(=O)O)C(O)C(=O)O.[H-].[Na+]. The van der Waals surface area contributed by atoms with Crippen molar-refractivity contribution in [2.45, 2.75) is 38.0 Å². The first-order valence-electron chi connectivity index (χ1n) is 7.49. The summed E-state index contributed by atoms with van der Waals surface area (Å²) >= 11 is 0. The number of hydrogen-bond acceptors (Lipinski definition) is 8. The molecule has 2 unspecified atom stereocenters. The molecule has 3 atom stereocenters. The molecule has 27 heavy (non-hydrogen) atoms. The summed E-state index contributed by atoms with van der Waals surface area (Å²) in [5, 5.41) is 26.6. The van der Waals surface area contributed by atoms with Crippen molar-refractivity contribution in [2.75, 3.05) is 0 Å². The molecule has 0 aliphatic heterocycles. The zero-order chi connectivity index (χ0) is 19.9. The van der Waals surface area contributed by atoms with E-state index < -0.39 is 42.1 Å². The van der Waals surface area contributed by atoms with Gasteiger partial charge in [0.1, 0.15) is 11.8 Å². The third-order valence-electron chi connectivity index (χ3n) is 3.31. The van der Waals surface area contributed by atoms with E-state index in [0.717, 1.165) is 5.56 Å². The number of carboxylic acid groups (broad SMARTS) is 2. The fourth-order valence-electron chi connectivity index (χ4n) is 1.83. The van der Waals surface area contributed by atoms with E-state index >= 15 is 0 Å². The second kappa shape index (κ2) is 11.7. The molecule has 1 rings (SSSR count). The van der Waals surface area contributed by atoms with Crippen LogP contribution in [0.25, 0.3) is 0 Å². The first kappa shape index (κ1) is 25.0. The number of nitrogens with two attached hydrogens (primary N) is 1. The van der Waals surface area contributed by atoms with E-state index in [1.54, 1.807) is 31.2 Å². The number of para-hydroxylation sites is 1. The molecule has 1 aromatic rings. The molecule has 0 radical (unpaired) electrons. The first-order valence-corrected chi connectivity index (χ1v) is 7.49. The largest absolute Gasteiger partial charge is 1.00 e. The average Bonchev–Trinajstić information content (AvgIpc) is 2.58. The van der Waals surface area contributed by atoms with E-state index in [1.807, 2.05) is 0 Å². The fraction of sp³-hybridized carbons (Fsp3) is 0.375. The third kappa shape index (κ3) is 8.06. The van der Waals surface area contributed by atoms with Gasteiger partial charge in [0.15, 0.2) is 6.10 Å². The van der Waals surface area contributed by atoms with Crippen LogP contribution in [0.3, 0.4) is 0 Å². The summed E-state index contributed by atoms with van der Waals surface area (Å²) in [7, 11) is 0. The Labute approximate surface area is 178 Å². The van der Waals surface area contributed by atoms with Crippen LogP contribution in [0, 0.1) is 6.92 Å². The van der Waals surface area contributed by atoms with Crippen molar-refractivity contribution in [3.05, 3.63) is 29.8 Å². The minimum absolute atomic E-state index is 0. The van der Waals surface area contributed by atoms with E-state index in [-0.39, 0.29) is 43.8 Å². The van der Waals surface area contributed by atoms with E-state index in [9.17, 15) is 24.3 Å². The van der Waals surface area contributed by atoms with Crippen LogP contribution in [0.4, 0.5) is 0 Å². The molecule has 5 N–H and O–H groups in total. The molecule has 0 amide bonds. The number of aliphatic hydroxyl groups is 1. The number of aliphatic hydroxyl groups excluding tert-OH is 1. The molecular formula is C16H20NNaO9. The van der Waals surface area contributed by atoms with Crippen LogP contribution >= 0.6 is 0 Å². The third-order valence-corrected chi connectivity index (χ3v) is 3.31. The van der Waals surface area contributed by atoms with Crippen molar-refractivity contribution in [1.82, 2.24) is 0 Å². The number of aryl methyl sites for hydroxylation is 1. The number of carbonyl (C=O) groups excluding carboxylic acids is 2. The molecule has 0 aliphatic rings. The smallest absolute Gasteiger partial charge is 1.00 e. The van der Waals surface area contributed by atoms with E-state index in [2.05, 4.69) is 4.74 Å². The summed E-state index contributed by atoms with van der Waals surface area (Å²) in [6, 6.07) is 5.38. The Hall–Kier alpha value is -1.98. The summed E-state index contributed by atoms with van der Waals surface area (Å²) in [6.45, 7) is 1.74. The van der Waals surface area contributed by atoms with Crippen LogP contribution in [-0.2, 0) is 23.9 Å². The van der Waals surface area contributed by atoms with Gasteiger partial charge in [0.2, 0.25) is 6.10 Å². The molecule has 0 bridgehead atoms. The predicted molar refractivity (Wildman–Crippen MR) is 86.3 cm³/mol. The van der Waals surface area contributed by atoms with Crippen molar-refractivity contribution < 1.29 is 75.0 Å². The standard InChI is InChI=1S/C16H19NO9.Na.H/c1-8-4-2-3-5-10(8)25-11(18)7-6-9(17)16(24)26-13(15(22)23)12(19)14(20)21;;/h2-5,9,12-13,19H,6-7,17H2,1H3,(H,20,21)(H,22,23);;/q;+1;-1/t9-,12?,13?;;/m0../s1. The Bertz CT molecular complexity index is 700. The Kier molecular flexibility index (Phi) is 10.8. The van der Waals surface area contributed by atoms with E-state index in [0.29, 0.717) is 5.75 Å². The molecule has 0 fully saturated rings. The van der Waals surface area contributed by atoms with Gasteiger partial charge in [0, 0.05) is 6.42 Å². The number of ether oxygens (including phenoxy) is 2. The zero-order valence-corrected chi connectivity index (χ0v) is 16.8. The van der Waals surface area contributed by atoms with Crippen LogP contribution in [-0.4, -0.2) is 57.4 Å². The minimum atomic E-state index is -2.45. The van der Waals surface area contributed by atoms with Gasteiger partial charge in [-0.25, -0.2) is 9.59 Å². The number of rotatable bonds is 9. The van der Waals surface area contributed by atoms with Crippen molar-refractivity contribution in [3.63, 3.8) is 0 Å². The molecule has 11 heteroatoms. The van der Waals surface area contributed by atoms with Gasteiger partial charge in [-0.15, -0.1) is 0 Å². The summed E-state index contributed by atoms with van der Waals surface area (Å²) in [6.07, 6.45) is -5.25. The Balaban J connectivity index is 0. The second-order valence-electron chi connectivity index (χ2n) is 5.36. The van der Waals surface area contributed by atoms with Gasteiger partial charge >= 0.3 is 53.4 Å². The van der Waals surface area contributed by atoms with Gasteiger partial charge in [0.05, 0.1) is 0 Å². The molecule has 10 nitrogen and oxygen atoms in total. The molecule has 0 spiro atoms. The number of carboxylic acids is 2. The quantitative estimate of drug-likeness (QED) is 0.188. The zero-order valence-electron chi connectivity index (χ0n) is 15.8. The van der Waals surface area contributed by atoms with Crippen LogP contribution in [0.5, 0.6) is 5.75 Å². The van der Waals surface area contributed by atoms with Crippen LogP contribution in [0.2, 0.25) is 0 Å². The van der Waals surface area contributed by atoms with Gasteiger partial charge in [-0.05, 0) is 25.0 Å². The number of aliphatic carboxylic acids is 2. The maximum atomic E-state index is 11.8. The molecule has 0 aliphatic carbocycles. The van der Waals surface area contributed by atoms with Gasteiger partial charge in [-0.2, -0.15) is 0 Å². The molecule has 144 valence electrons. The van der Waals surface area contributed by atoms with Gasteiger partial charge in [-0.1, -0.05) is 18.2 Å². The van der Waals surface area contributed by atoms with Crippen LogP contribution < -0.4 is 40.0 Å². The van der Waals surface area contributed by atoms with Gasteiger partial charge in [0.25, 0.3) is 0 Å². The molecular weight excluding hydrogens is 373 g/mol. The number of benzene rings is 1. The normalized spacial score (nSPS) is 13.4. The summed E-state index contributed by atoms with van der Waals surface area (Å²) in [4.78, 5) is 45.0. The molecule has 0 saturated carbocycles. The molecule has 1 aromatic carbocycles. The Morgan fingerprint density at radius 3 is 2.26 bits per heavy atom. The maximum Gasteiger partial charge on any atom is 1.00 e. The van der Waals surface area contributed by atoms with Crippen molar-refractivity contribution >= 4 is 23.9 Å². The van der Waals surface area contributed by atoms with Crippen LogP contribution in [0.15, 0.2) is 24.3 Å². The Morgan fingerprint density at radius 2 is 1.74 bits per heavy atom. The van der Waals surface area contributed by atoms with Gasteiger partial charge in [-0.3, -0.25) is 9.59 Å². The van der Waals surface area contributed by atoms with Crippen molar-refractivity contribution in [1.29, 1.82) is 0 Å². The fourth-order valence-corrected chi connectivity index (χ4v) is 1.83. The van der Waals surface area contributed by atoms with E-state index in [4.69, 9.17) is 20.7 Å². The summed E-state index contributed by atoms with van der Waals surface area (Å²) < 4.78 is 9.53. The van der Waals surface area contributed by atoms with Crippen molar-refractivity contribution in [2.24, 2.45) is 5.73 Å². The number of hydrogen-bond donors (Lipinski definition) is 4. The minimum Gasteiger partial charge on any atom is -1.00 e. The number of esters is 2. The second-order valence-corrected chi connectivity index (χ2v) is 5.36. The monoisotopic (exact) mass is 393 g/mol. The van der Waals surface area contributed by atoms with Crippen LogP contribution in [0.1, 0.15) is 19.8 Å². The summed E-state index contributed by atoms with van der Waals surface area (Å²) in [5.74, 6) is -5.30. The molecule has 0 saturated heterocycles. The first-order chi connectivity index (χ1) is 12.1. The van der Waals surface area contributed by atoms with Gasteiger partial charge < -0.3 is 32.0 Å². The number of carbonyl (C=O) groups is 4. The molecule has 0 heterocycles.